The third-order valence-corrected chi connectivity index (χ3v) is 6.34. The predicted octanol–water partition coefficient (Wildman–Crippen LogP) is 4.10. The van der Waals surface area contributed by atoms with Gasteiger partial charge in [-0.25, -0.2) is 4.68 Å². The minimum absolute atomic E-state index is 0.272. The lowest BCUT2D eigenvalue weighted by atomic mass is 10.2. The van der Waals surface area contributed by atoms with Gasteiger partial charge in [0.1, 0.15) is 11.4 Å². The van der Waals surface area contributed by atoms with E-state index in [1.54, 1.807) is 25.8 Å². The van der Waals surface area contributed by atoms with Crippen molar-refractivity contribution >= 4 is 23.6 Å². The molecule has 0 aliphatic rings. The second-order valence-corrected chi connectivity index (χ2v) is 8.36. The fourth-order valence-electron chi connectivity index (χ4n) is 3.35. The van der Waals surface area contributed by atoms with Gasteiger partial charge in [0.05, 0.1) is 18.5 Å². The monoisotopic (exact) mass is 437 g/mol. The first-order chi connectivity index (χ1) is 14.4. The molecular weight excluding hydrogens is 418 g/mol. The third kappa shape index (κ3) is 3.34. The number of hydrogen-bond acceptors (Lipinski definition) is 5. The lowest BCUT2D eigenvalue weighted by Crippen LogP contribution is -2.26. The zero-order valence-electron chi connectivity index (χ0n) is 16.7. The van der Waals surface area contributed by atoms with E-state index in [-0.39, 0.29) is 16.8 Å². The average Bonchev–Trinajstić information content (AvgIpc) is 2.97. The zero-order chi connectivity index (χ0) is 21.4. The highest BCUT2D eigenvalue weighted by Crippen LogP contribution is 2.26. The van der Waals surface area contributed by atoms with Crippen molar-refractivity contribution in [3.63, 3.8) is 0 Å². The van der Waals surface area contributed by atoms with Crippen LogP contribution in [0.2, 0.25) is 0 Å². The summed E-state index contributed by atoms with van der Waals surface area (Å²) in [6.45, 7) is 1.80. The van der Waals surface area contributed by atoms with Gasteiger partial charge in [0.2, 0.25) is 0 Å². The highest BCUT2D eigenvalue weighted by atomic mass is 32.1. The molecule has 0 N–H and O–H groups in total. The van der Waals surface area contributed by atoms with Gasteiger partial charge in [0.25, 0.3) is 11.1 Å². The first kappa shape index (κ1) is 20.1. The van der Waals surface area contributed by atoms with E-state index in [1.165, 1.54) is 26.7 Å². The van der Waals surface area contributed by atoms with Gasteiger partial charge >= 0.3 is 0 Å². The van der Waals surface area contributed by atoms with Gasteiger partial charge in [-0.15, -0.1) is 11.3 Å². The lowest BCUT2D eigenvalue weighted by Gasteiger charge is -2.07. The van der Waals surface area contributed by atoms with Crippen molar-refractivity contribution in [1.29, 1.82) is 0 Å². The first-order valence-corrected chi connectivity index (χ1v) is 10.4. The number of hydrogen-bond donors (Lipinski definition) is 0. The Morgan fingerprint density at radius 2 is 1.67 bits per heavy atom. The Kier molecular flexibility index (Phi) is 5.27. The van der Waals surface area contributed by atoms with E-state index in [4.69, 9.17) is 17.0 Å². The second kappa shape index (κ2) is 7.89. The average molecular weight is 438 g/mol. The fraction of sp³-hybridized carbons (Fsp3) is 0.136. The molecule has 0 saturated carbocycles. The summed E-state index contributed by atoms with van der Waals surface area (Å²) < 4.78 is 10.1. The third-order valence-electron chi connectivity index (χ3n) is 4.98. The van der Waals surface area contributed by atoms with Gasteiger partial charge in [0.15, 0.2) is 3.95 Å². The van der Waals surface area contributed by atoms with Gasteiger partial charge < -0.3 is 4.74 Å². The van der Waals surface area contributed by atoms with Crippen molar-refractivity contribution in [2.75, 3.05) is 7.11 Å². The highest BCUT2D eigenvalue weighted by molar-refractivity contribution is 7.73. The van der Waals surface area contributed by atoms with E-state index in [0.29, 0.717) is 9.65 Å². The molecule has 2 aromatic heterocycles. The van der Waals surface area contributed by atoms with Crippen LogP contribution in [-0.2, 0) is 7.05 Å². The molecule has 0 unspecified atom stereocenters. The van der Waals surface area contributed by atoms with Crippen LogP contribution in [-0.4, -0.2) is 21.0 Å². The summed E-state index contributed by atoms with van der Waals surface area (Å²) in [4.78, 5) is 27.0. The molecule has 0 amide bonds. The Hall–Kier alpha value is -3.23. The maximum atomic E-state index is 13.3. The molecule has 0 aliphatic heterocycles. The van der Waals surface area contributed by atoms with Crippen molar-refractivity contribution in [3.05, 3.63) is 91.0 Å². The van der Waals surface area contributed by atoms with Crippen LogP contribution in [0.1, 0.15) is 5.69 Å². The summed E-state index contributed by atoms with van der Waals surface area (Å²) >= 11 is 6.83. The normalized spacial score (nSPS) is 10.9. The topological polar surface area (TPSA) is 58.2 Å². The first-order valence-electron chi connectivity index (χ1n) is 9.18. The summed E-state index contributed by atoms with van der Waals surface area (Å²) in [5, 5.41) is 0. The van der Waals surface area contributed by atoms with E-state index in [9.17, 15) is 9.59 Å². The Morgan fingerprint density at radius 1 is 1.00 bits per heavy atom. The molecule has 0 bridgehead atoms. The molecule has 0 radical (unpaired) electrons. The number of methoxy groups -OCH3 is 1. The molecule has 2 heterocycles. The summed E-state index contributed by atoms with van der Waals surface area (Å²) in [5.41, 5.74) is 1.88. The van der Waals surface area contributed by atoms with E-state index in [1.807, 2.05) is 54.6 Å². The van der Waals surface area contributed by atoms with Crippen LogP contribution in [0.3, 0.4) is 0 Å². The van der Waals surface area contributed by atoms with Crippen LogP contribution in [0.25, 0.3) is 21.8 Å². The molecule has 30 heavy (non-hydrogen) atoms. The van der Waals surface area contributed by atoms with Gasteiger partial charge in [-0.05, 0) is 61.1 Å². The predicted molar refractivity (Wildman–Crippen MR) is 122 cm³/mol. The number of benzene rings is 2. The summed E-state index contributed by atoms with van der Waals surface area (Å²) in [5.74, 6) is 0.733. The van der Waals surface area contributed by atoms with E-state index >= 15 is 0 Å². The molecule has 0 spiro atoms. The van der Waals surface area contributed by atoms with Gasteiger partial charge in [-0.1, -0.05) is 18.2 Å². The van der Waals surface area contributed by atoms with Crippen molar-refractivity contribution in [3.8, 4) is 27.6 Å². The Bertz CT molecular complexity index is 1360. The van der Waals surface area contributed by atoms with Gasteiger partial charge in [-0.3, -0.25) is 18.8 Å². The Balaban J connectivity index is 1.89. The molecule has 2 aromatic carbocycles. The number of nitrogens with zero attached hydrogens (tertiary/aromatic N) is 3. The largest absolute Gasteiger partial charge is 0.497 e. The van der Waals surface area contributed by atoms with Gasteiger partial charge in [0, 0.05) is 18.0 Å². The maximum absolute atomic E-state index is 13.3. The summed E-state index contributed by atoms with van der Waals surface area (Å²) in [6, 6.07) is 18.2. The smallest absolute Gasteiger partial charge is 0.296 e. The standard InChI is InChI=1S/C22H19N3O3S2/c1-14-20(21(27)25(23(14)2)16-7-5-4-6-8-16)24-19(26)13-18(30-22(24)29)15-9-11-17(28-3)12-10-15/h4-13H,1-3H3. The molecule has 0 saturated heterocycles. The van der Waals surface area contributed by atoms with Crippen LogP contribution < -0.4 is 15.9 Å². The van der Waals surface area contributed by atoms with Crippen molar-refractivity contribution in [2.24, 2.45) is 7.05 Å². The lowest BCUT2D eigenvalue weighted by molar-refractivity contribution is 0.415. The van der Waals surface area contributed by atoms with Crippen LogP contribution in [0, 0.1) is 10.9 Å². The Morgan fingerprint density at radius 3 is 2.27 bits per heavy atom. The van der Waals surface area contributed by atoms with Crippen LogP contribution >= 0.6 is 23.6 Å². The highest BCUT2D eigenvalue weighted by Gasteiger charge is 2.20. The Labute approximate surface area is 181 Å². The van der Waals surface area contributed by atoms with Crippen LogP contribution in [0.15, 0.2) is 70.3 Å². The van der Waals surface area contributed by atoms with Crippen molar-refractivity contribution < 1.29 is 4.74 Å². The molecule has 0 atom stereocenters. The number of aromatic nitrogens is 3. The fourth-order valence-corrected chi connectivity index (χ4v) is 4.67. The minimum Gasteiger partial charge on any atom is -0.497 e. The molecular formula is C22H19N3O3S2. The van der Waals surface area contributed by atoms with Crippen LogP contribution in [0.4, 0.5) is 0 Å². The molecule has 0 aliphatic carbocycles. The molecule has 0 fully saturated rings. The number of ether oxygens (including phenoxy) is 1. The van der Waals surface area contributed by atoms with E-state index in [0.717, 1.165) is 21.9 Å². The molecule has 4 rings (SSSR count). The van der Waals surface area contributed by atoms with E-state index < -0.39 is 0 Å². The van der Waals surface area contributed by atoms with Crippen molar-refractivity contribution in [1.82, 2.24) is 13.9 Å². The molecule has 4 aromatic rings. The van der Waals surface area contributed by atoms with Crippen LogP contribution in [0.5, 0.6) is 5.75 Å². The van der Waals surface area contributed by atoms with E-state index in [2.05, 4.69) is 0 Å². The number of para-hydroxylation sites is 1. The molecule has 6 nitrogen and oxygen atoms in total. The quantitative estimate of drug-likeness (QED) is 0.451. The zero-order valence-corrected chi connectivity index (χ0v) is 18.3. The van der Waals surface area contributed by atoms with Crippen molar-refractivity contribution in [2.45, 2.75) is 6.92 Å². The summed E-state index contributed by atoms with van der Waals surface area (Å²) in [7, 11) is 3.39. The minimum atomic E-state index is -0.337. The summed E-state index contributed by atoms with van der Waals surface area (Å²) in [6.07, 6.45) is 0. The number of rotatable bonds is 4. The van der Waals surface area contributed by atoms with Gasteiger partial charge in [-0.2, -0.15) is 0 Å². The molecule has 8 heteroatoms. The molecule has 152 valence electrons. The second-order valence-electron chi connectivity index (χ2n) is 6.69. The SMILES string of the molecule is COc1ccc(-c2cc(=O)n(-c3c(C)n(C)n(-c4ccccc4)c3=O)c(=S)s2)cc1. The maximum Gasteiger partial charge on any atom is 0.296 e.